The van der Waals surface area contributed by atoms with Gasteiger partial charge in [-0.05, 0) is 19.1 Å². The molecular formula is C10H10N2O4. The molecule has 1 heterocycles. The van der Waals surface area contributed by atoms with Crippen molar-refractivity contribution < 1.29 is 14.3 Å². The van der Waals surface area contributed by atoms with Crippen molar-refractivity contribution in [3.63, 3.8) is 0 Å². The summed E-state index contributed by atoms with van der Waals surface area (Å²) in [5.74, 6) is -1.84. The van der Waals surface area contributed by atoms with Gasteiger partial charge in [-0.2, -0.15) is 0 Å². The van der Waals surface area contributed by atoms with Crippen molar-refractivity contribution in [2.45, 2.75) is 13.0 Å². The number of carbonyl (C=O) groups is 1. The average Bonchev–Trinajstić information content (AvgIpc) is 2.54. The van der Waals surface area contributed by atoms with Crippen molar-refractivity contribution in [2.75, 3.05) is 5.73 Å². The second kappa shape index (κ2) is 3.41. The number of carboxylic acids is 1. The lowest BCUT2D eigenvalue weighted by Gasteiger charge is -2.07. The number of nitrogens with two attached hydrogens (primary N) is 1. The highest BCUT2D eigenvalue weighted by molar-refractivity contribution is 5.87. The molecule has 1 atom stereocenters. The molecule has 0 bridgehead atoms. The van der Waals surface area contributed by atoms with Crippen molar-refractivity contribution in [3.05, 3.63) is 28.7 Å². The van der Waals surface area contributed by atoms with Gasteiger partial charge in [0.25, 0.3) is 0 Å². The molecule has 1 aromatic heterocycles. The molecule has 0 aliphatic rings. The molecule has 84 valence electrons. The van der Waals surface area contributed by atoms with Gasteiger partial charge in [-0.1, -0.05) is 6.07 Å². The number of hydrogen-bond donors (Lipinski definition) is 2. The van der Waals surface area contributed by atoms with Crippen LogP contribution in [0.1, 0.15) is 13.0 Å². The zero-order valence-corrected chi connectivity index (χ0v) is 8.51. The van der Waals surface area contributed by atoms with Crippen LogP contribution >= 0.6 is 0 Å². The molecular weight excluding hydrogens is 212 g/mol. The second-order valence-corrected chi connectivity index (χ2v) is 3.45. The quantitative estimate of drug-likeness (QED) is 0.733. The smallest absolute Gasteiger partial charge is 0.420 e. The molecule has 0 fully saturated rings. The lowest BCUT2D eigenvalue weighted by molar-refractivity contribution is -0.140. The molecule has 3 N–H and O–H groups in total. The van der Waals surface area contributed by atoms with Gasteiger partial charge in [0, 0.05) is 0 Å². The third-order valence-electron chi connectivity index (χ3n) is 2.41. The fraction of sp³-hybridized carbons (Fsp3) is 0.200. The number of nitrogens with zero attached hydrogens (tertiary/aromatic N) is 1. The number of carboxylic acid groups (broad SMARTS) is 1. The Hall–Kier alpha value is -2.24. The van der Waals surface area contributed by atoms with Crippen LogP contribution in [0, 0.1) is 0 Å². The predicted octanol–water partition coefficient (Wildman–Crippen LogP) is 0.822. The minimum atomic E-state index is -1.12. The van der Waals surface area contributed by atoms with Crippen LogP contribution in [0.3, 0.4) is 0 Å². The Kier molecular flexibility index (Phi) is 2.19. The molecule has 0 radical (unpaired) electrons. The number of benzene rings is 1. The monoisotopic (exact) mass is 222 g/mol. The zero-order chi connectivity index (χ0) is 11.9. The number of fused-ring (bicyclic) bond motifs is 1. The van der Waals surface area contributed by atoms with Crippen LogP contribution in [-0.2, 0) is 4.79 Å². The van der Waals surface area contributed by atoms with E-state index in [0.29, 0.717) is 11.2 Å². The van der Waals surface area contributed by atoms with Crippen molar-refractivity contribution >= 4 is 22.8 Å². The van der Waals surface area contributed by atoms with E-state index in [0.717, 1.165) is 4.57 Å². The van der Waals surface area contributed by atoms with Gasteiger partial charge in [-0.3, -0.25) is 4.57 Å². The summed E-state index contributed by atoms with van der Waals surface area (Å²) in [5.41, 5.74) is 6.62. The first kappa shape index (κ1) is 10.3. The summed E-state index contributed by atoms with van der Waals surface area (Å²) >= 11 is 0. The highest BCUT2D eigenvalue weighted by Crippen LogP contribution is 2.22. The van der Waals surface area contributed by atoms with Crippen LogP contribution in [0.5, 0.6) is 0 Å². The fourth-order valence-electron chi connectivity index (χ4n) is 1.58. The first-order valence-corrected chi connectivity index (χ1v) is 4.64. The molecule has 1 aromatic carbocycles. The Morgan fingerprint density at radius 2 is 2.25 bits per heavy atom. The molecule has 2 rings (SSSR count). The number of nitrogen functional groups attached to an aromatic ring is 1. The van der Waals surface area contributed by atoms with Gasteiger partial charge < -0.3 is 15.3 Å². The maximum Gasteiger partial charge on any atom is 0.420 e. The van der Waals surface area contributed by atoms with Crippen LogP contribution in [0.2, 0.25) is 0 Å². The van der Waals surface area contributed by atoms with Gasteiger partial charge >= 0.3 is 11.7 Å². The van der Waals surface area contributed by atoms with Crippen molar-refractivity contribution in [2.24, 2.45) is 0 Å². The Morgan fingerprint density at radius 3 is 2.88 bits per heavy atom. The molecule has 6 heteroatoms. The van der Waals surface area contributed by atoms with Crippen molar-refractivity contribution in [1.29, 1.82) is 0 Å². The largest absolute Gasteiger partial charge is 0.480 e. The maximum atomic E-state index is 11.5. The van der Waals surface area contributed by atoms with Crippen LogP contribution in [0.15, 0.2) is 27.4 Å². The molecule has 0 amide bonds. The summed E-state index contributed by atoms with van der Waals surface area (Å²) in [7, 11) is 0. The number of aromatic nitrogens is 1. The summed E-state index contributed by atoms with van der Waals surface area (Å²) in [6.07, 6.45) is 0. The number of rotatable bonds is 2. The normalized spacial score (nSPS) is 12.8. The molecule has 1 unspecified atom stereocenters. The molecule has 0 saturated carbocycles. The maximum absolute atomic E-state index is 11.5. The van der Waals surface area contributed by atoms with E-state index in [4.69, 9.17) is 15.3 Å². The second-order valence-electron chi connectivity index (χ2n) is 3.45. The first-order valence-electron chi connectivity index (χ1n) is 4.64. The number of oxazole rings is 1. The Labute approximate surface area is 89.9 Å². The first-order chi connectivity index (χ1) is 7.52. The standard InChI is InChI=1S/C10H10N2O4/c1-5(9(13)14)12-8-6(11)3-2-4-7(8)16-10(12)15/h2-5H,11H2,1H3,(H,13,14). The third-order valence-corrected chi connectivity index (χ3v) is 2.41. The highest BCUT2D eigenvalue weighted by Gasteiger charge is 2.21. The molecule has 0 spiro atoms. The van der Waals surface area contributed by atoms with E-state index in [1.54, 1.807) is 18.2 Å². The van der Waals surface area contributed by atoms with Gasteiger partial charge in [0.1, 0.15) is 11.6 Å². The summed E-state index contributed by atoms with van der Waals surface area (Å²) in [6, 6.07) is 3.77. The van der Waals surface area contributed by atoms with Crippen LogP contribution in [-0.4, -0.2) is 15.6 Å². The topological polar surface area (TPSA) is 98.5 Å². The lowest BCUT2D eigenvalue weighted by atomic mass is 10.2. The van der Waals surface area contributed by atoms with E-state index in [-0.39, 0.29) is 5.58 Å². The Bertz CT molecular complexity index is 611. The van der Waals surface area contributed by atoms with E-state index >= 15 is 0 Å². The van der Waals surface area contributed by atoms with Crippen LogP contribution in [0.25, 0.3) is 11.1 Å². The summed E-state index contributed by atoms with van der Waals surface area (Å²) in [5, 5.41) is 8.89. The highest BCUT2D eigenvalue weighted by atomic mass is 16.4. The molecule has 2 aromatic rings. The van der Waals surface area contributed by atoms with Crippen molar-refractivity contribution in [3.8, 4) is 0 Å². The van der Waals surface area contributed by atoms with Gasteiger partial charge in [-0.15, -0.1) is 0 Å². The molecule has 0 aliphatic heterocycles. The molecule has 0 aliphatic carbocycles. The lowest BCUT2D eigenvalue weighted by Crippen LogP contribution is -2.24. The molecule has 0 saturated heterocycles. The summed E-state index contributed by atoms with van der Waals surface area (Å²) in [4.78, 5) is 22.4. The minimum Gasteiger partial charge on any atom is -0.480 e. The van der Waals surface area contributed by atoms with Crippen molar-refractivity contribution in [1.82, 2.24) is 4.57 Å². The number of aliphatic carboxylic acids is 1. The molecule has 16 heavy (non-hydrogen) atoms. The van der Waals surface area contributed by atoms with Gasteiger partial charge in [0.05, 0.1) is 5.69 Å². The van der Waals surface area contributed by atoms with Gasteiger partial charge in [0.15, 0.2) is 5.58 Å². The summed E-state index contributed by atoms with van der Waals surface area (Å²) < 4.78 is 5.95. The van der Waals surface area contributed by atoms with E-state index < -0.39 is 17.8 Å². The van der Waals surface area contributed by atoms with Crippen LogP contribution < -0.4 is 11.5 Å². The van der Waals surface area contributed by atoms with E-state index in [1.807, 2.05) is 0 Å². The summed E-state index contributed by atoms with van der Waals surface area (Å²) in [6.45, 7) is 1.39. The minimum absolute atomic E-state index is 0.290. The van der Waals surface area contributed by atoms with Crippen LogP contribution in [0.4, 0.5) is 5.69 Å². The van der Waals surface area contributed by atoms with E-state index in [1.165, 1.54) is 6.92 Å². The number of anilines is 1. The Morgan fingerprint density at radius 1 is 1.56 bits per heavy atom. The number of para-hydroxylation sites is 1. The van der Waals surface area contributed by atoms with E-state index in [9.17, 15) is 9.59 Å². The Balaban J connectivity index is 2.83. The predicted molar refractivity (Wildman–Crippen MR) is 57.2 cm³/mol. The molecule has 6 nitrogen and oxygen atoms in total. The zero-order valence-electron chi connectivity index (χ0n) is 8.51. The average molecular weight is 222 g/mol. The number of hydrogen-bond acceptors (Lipinski definition) is 4. The van der Waals surface area contributed by atoms with Gasteiger partial charge in [0.2, 0.25) is 0 Å². The van der Waals surface area contributed by atoms with E-state index in [2.05, 4.69) is 0 Å². The van der Waals surface area contributed by atoms with Gasteiger partial charge in [-0.25, -0.2) is 9.59 Å². The third kappa shape index (κ3) is 1.35. The fourth-order valence-corrected chi connectivity index (χ4v) is 1.58. The SMILES string of the molecule is CC(C(=O)O)n1c(=O)oc2cccc(N)c21.